The van der Waals surface area contributed by atoms with Gasteiger partial charge in [-0.1, -0.05) is 6.92 Å². The van der Waals surface area contributed by atoms with Gasteiger partial charge in [0.05, 0.1) is 13.2 Å². The Morgan fingerprint density at radius 2 is 1.95 bits per heavy atom. The largest absolute Gasteiger partial charge is 0.378 e. The van der Waals surface area contributed by atoms with Crippen molar-refractivity contribution in [1.82, 2.24) is 15.0 Å². The summed E-state index contributed by atoms with van der Waals surface area (Å²) in [6, 6.07) is 0. The van der Waals surface area contributed by atoms with Gasteiger partial charge in [0.1, 0.15) is 0 Å². The van der Waals surface area contributed by atoms with Crippen LogP contribution < -0.4 is 21.5 Å². The van der Waals surface area contributed by atoms with Gasteiger partial charge < -0.3 is 15.0 Å². The number of rotatable bonds is 6. The summed E-state index contributed by atoms with van der Waals surface area (Å²) < 4.78 is 5.35. The molecule has 1 aliphatic heterocycles. The Balaban J connectivity index is 1.69. The van der Waals surface area contributed by atoms with Crippen molar-refractivity contribution in [3.63, 3.8) is 0 Å². The van der Waals surface area contributed by atoms with Crippen LogP contribution in [0.5, 0.6) is 0 Å². The van der Waals surface area contributed by atoms with E-state index in [1.54, 1.807) is 0 Å². The molecule has 8 heteroatoms. The average Bonchev–Trinajstić information content (AvgIpc) is 3.38. The zero-order valence-electron chi connectivity index (χ0n) is 12.4. The molecule has 2 aliphatic rings. The van der Waals surface area contributed by atoms with Gasteiger partial charge in [-0.2, -0.15) is 15.0 Å². The van der Waals surface area contributed by atoms with Crippen LogP contribution in [0, 0.1) is 11.8 Å². The molecule has 1 unspecified atom stereocenters. The molecule has 1 aromatic heterocycles. The molecule has 0 amide bonds. The van der Waals surface area contributed by atoms with Crippen LogP contribution in [0.2, 0.25) is 0 Å². The van der Waals surface area contributed by atoms with Gasteiger partial charge in [-0.05, 0) is 24.7 Å². The molecule has 116 valence electrons. The molecule has 0 aromatic carbocycles. The predicted molar refractivity (Wildman–Crippen MR) is 81.0 cm³/mol. The summed E-state index contributed by atoms with van der Waals surface area (Å²) in [7, 11) is 0. The first-order valence-electron chi connectivity index (χ1n) is 7.55. The second-order valence-corrected chi connectivity index (χ2v) is 5.72. The quantitative estimate of drug-likeness (QED) is 0.513. The van der Waals surface area contributed by atoms with E-state index in [1.807, 2.05) is 0 Å². The van der Waals surface area contributed by atoms with Gasteiger partial charge in [0.2, 0.25) is 17.8 Å². The summed E-state index contributed by atoms with van der Waals surface area (Å²) in [4.78, 5) is 15.2. The van der Waals surface area contributed by atoms with E-state index in [9.17, 15) is 0 Å². The van der Waals surface area contributed by atoms with Crippen LogP contribution in [0.4, 0.5) is 17.8 Å². The molecule has 2 heterocycles. The first kappa shape index (κ1) is 14.3. The van der Waals surface area contributed by atoms with Crippen LogP contribution in [-0.2, 0) is 4.74 Å². The molecule has 1 atom stereocenters. The summed E-state index contributed by atoms with van der Waals surface area (Å²) in [5.41, 5.74) is 2.51. The Hall–Kier alpha value is -1.67. The van der Waals surface area contributed by atoms with Crippen molar-refractivity contribution in [2.24, 2.45) is 17.7 Å². The van der Waals surface area contributed by atoms with Crippen LogP contribution in [0.1, 0.15) is 19.8 Å². The second-order valence-electron chi connectivity index (χ2n) is 5.72. The van der Waals surface area contributed by atoms with E-state index in [4.69, 9.17) is 10.6 Å². The molecular weight excluding hydrogens is 270 g/mol. The minimum Gasteiger partial charge on any atom is -0.378 e. The normalized spacial score (nSPS) is 20.2. The monoisotopic (exact) mass is 293 g/mol. The molecule has 0 bridgehead atoms. The van der Waals surface area contributed by atoms with Gasteiger partial charge in [-0.3, -0.25) is 5.43 Å². The zero-order valence-corrected chi connectivity index (χ0v) is 12.4. The molecule has 21 heavy (non-hydrogen) atoms. The maximum absolute atomic E-state index is 5.46. The number of ether oxygens (including phenoxy) is 1. The van der Waals surface area contributed by atoms with Crippen LogP contribution in [0.15, 0.2) is 0 Å². The smallest absolute Gasteiger partial charge is 0.243 e. The third kappa shape index (κ3) is 3.70. The number of hydrogen-bond acceptors (Lipinski definition) is 8. The van der Waals surface area contributed by atoms with Gasteiger partial charge in [-0.15, -0.1) is 0 Å². The van der Waals surface area contributed by atoms with Crippen molar-refractivity contribution in [2.45, 2.75) is 19.8 Å². The summed E-state index contributed by atoms with van der Waals surface area (Å²) in [6.45, 7) is 6.09. The van der Waals surface area contributed by atoms with E-state index >= 15 is 0 Å². The van der Waals surface area contributed by atoms with E-state index in [-0.39, 0.29) is 0 Å². The van der Waals surface area contributed by atoms with Crippen molar-refractivity contribution in [2.75, 3.05) is 48.5 Å². The minimum atomic E-state index is 0.382. The number of aromatic nitrogens is 3. The van der Waals surface area contributed by atoms with Crippen molar-refractivity contribution < 1.29 is 4.74 Å². The van der Waals surface area contributed by atoms with Crippen LogP contribution in [0.25, 0.3) is 0 Å². The first-order chi connectivity index (χ1) is 10.3. The molecule has 1 aliphatic carbocycles. The molecule has 0 radical (unpaired) electrons. The number of anilines is 3. The van der Waals surface area contributed by atoms with Crippen molar-refractivity contribution in [3.05, 3.63) is 0 Å². The lowest BCUT2D eigenvalue weighted by Gasteiger charge is -2.27. The number of nitrogens with zero attached hydrogens (tertiary/aromatic N) is 4. The standard InChI is InChI=1S/C13H23N7O/c1-9(10-2-3-10)8-15-11-16-12(19-14)18-13(17-11)20-4-6-21-7-5-20/h9-10H,2-8,14H2,1H3,(H2,15,16,17,18,19). The molecule has 1 saturated heterocycles. The van der Waals surface area contributed by atoms with Crippen molar-refractivity contribution in [3.8, 4) is 0 Å². The van der Waals surface area contributed by atoms with E-state index in [0.29, 0.717) is 37.0 Å². The summed E-state index contributed by atoms with van der Waals surface area (Å²) in [5.74, 6) is 8.55. The van der Waals surface area contributed by atoms with E-state index in [1.165, 1.54) is 12.8 Å². The number of morpholine rings is 1. The Morgan fingerprint density at radius 3 is 2.62 bits per heavy atom. The third-order valence-electron chi connectivity index (χ3n) is 4.06. The highest BCUT2D eigenvalue weighted by atomic mass is 16.5. The minimum absolute atomic E-state index is 0.382. The van der Waals surface area contributed by atoms with Gasteiger partial charge >= 0.3 is 0 Å². The van der Waals surface area contributed by atoms with Crippen LogP contribution in [0.3, 0.4) is 0 Å². The first-order valence-corrected chi connectivity index (χ1v) is 7.55. The van der Waals surface area contributed by atoms with Crippen molar-refractivity contribution >= 4 is 17.8 Å². The van der Waals surface area contributed by atoms with Crippen LogP contribution in [-0.4, -0.2) is 47.8 Å². The van der Waals surface area contributed by atoms with E-state index in [0.717, 1.165) is 25.6 Å². The highest BCUT2D eigenvalue weighted by molar-refractivity contribution is 5.43. The van der Waals surface area contributed by atoms with Gasteiger partial charge in [0.15, 0.2) is 0 Å². The summed E-state index contributed by atoms with van der Waals surface area (Å²) in [5, 5.41) is 3.30. The lowest BCUT2D eigenvalue weighted by Crippen LogP contribution is -2.37. The fourth-order valence-corrected chi connectivity index (χ4v) is 2.50. The summed E-state index contributed by atoms with van der Waals surface area (Å²) in [6.07, 6.45) is 2.68. The van der Waals surface area contributed by atoms with Crippen LogP contribution >= 0.6 is 0 Å². The zero-order chi connectivity index (χ0) is 14.7. The Labute approximate surface area is 124 Å². The summed E-state index contributed by atoms with van der Waals surface area (Å²) >= 11 is 0. The Bertz CT molecular complexity index is 474. The Morgan fingerprint density at radius 1 is 1.24 bits per heavy atom. The second kappa shape index (κ2) is 6.40. The van der Waals surface area contributed by atoms with Crippen molar-refractivity contribution in [1.29, 1.82) is 0 Å². The highest BCUT2D eigenvalue weighted by Gasteiger charge is 2.27. The highest BCUT2D eigenvalue weighted by Crippen LogP contribution is 2.36. The number of nitrogens with two attached hydrogens (primary N) is 1. The number of nitrogen functional groups attached to an aromatic ring is 1. The van der Waals surface area contributed by atoms with E-state index in [2.05, 4.69) is 37.5 Å². The molecule has 8 nitrogen and oxygen atoms in total. The molecule has 1 saturated carbocycles. The number of hydrazine groups is 1. The lowest BCUT2D eigenvalue weighted by molar-refractivity contribution is 0.122. The fourth-order valence-electron chi connectivity index (χ4n) is 2.50. The molecule has 3 rings (SSSR count). The lowest BCUT2D eigenvalue weighted by atomic mass is 10.1. The topological polar surface area (TPSA) is 101 Å². The van der Waals surface area contributed by atoms with Gasteiger partial charge in [0.25, 0.3) is 0 Å². The third-order valence-corrected chi connectivity index (χ3v) is 4.06. The van der Waals surface area contributed by atoms with E-state index < -0.39 is 0 Å². The molecule has 1 aromatic rings. The number of hydrogen-bond donors (Lipinski definition) is 3. The molecule has 4 N–H and O–H groups in total. The predicted octanol–water partition coefficient (Wildman–Crippen LogP) is 0.452. The van der Waals surface area contributed by atoms with Gasteiger partial charge in [0, 0.05) is 19.6 Å². The molecule has 0 spiro atoms. The Kier molecular flexibility index (Phi) is 4.35. The average molecular weight is 293 g/mol. The molecule has 2 fully saturated rings. The fraction of sp³-hybridized carbons (Fsp3) is 0.769. The number of nitrogens with one attached hydrogen (secondary N) is 2. The SMILES string of the molecule is CC(CNc1nc(NN)nc(N2CCOCC2)n1)C1CC1. The maximum Gasteiger partial charge on any atom is 0.243 e. The molecular formula is C13H23N7O. The van der Waals surface area contributed by atoms with Gasteiger partial charge in [-0.25, -0.2) is 5.84 Å². The maximum atomic E-state index is 5.46.